The van der Waals surface area contributed by atoms with E-state index in [1.807, 2.05) is 6.07 Å². The molecule has 1 aliphatic rings. The van der Waals surface area contributed by atoms with Crippen LogP contribution in [0.1, 0.15) is 46.5 Å². The van der Waals surface area contributed by atoms with E-state index in [2.05, 4.69) is 26.1 Å². The quantitative estimate of drug-likeness (QED) is 0.756. The third-order valence-electron chi connectivity index (χ3n) is 4.24. The van der Waals surface area contributed by atoms with Crippen LogP contribution in [0.2, 0.25) is 5.02 Å². The van der Waals surface area contributed by atoms with Crippen molar-refractivity contribution in [3.63, 3.8) is 0 Å². The first-order valence-corrected chi connectivity index (χ1v) is 7.45. The Bertz CT molecular complexity index is 431. The summed E-state index contributed by atoms with van der Waals surface area (Å²) in [5, 5.41) is 3.60. The summed E-state index contributed by atoms with van der Waals surface area (Å²) in [6.45, 7) is 6.96. The molecule has 0 spiro atoms. The Hall–Kier alpha value is -0.760. The molecule has 0 saturated heterocycles. The molecule has 0 radical (unpaired) electrons. The number of hydrogen-bond donors (Lipinski definition) is 1. The molecule has 1 aromatic carbocycles. The van der Waals surface area contributed by atoms with Crippen molar-refractivity contribution < 1.29 is 4.39 Å². The van der Waals surface area contributed by atoms with Gasteiger partial charge in [-0.25, -0.2) is 4.39 Å². The molecule has 1 nitrogen and oxygen atoms in total. The van der Waals surface area contributed by atoms with Gasteiger partial charge in [-0.05, 0) is 55.2 Å². The Morgan fingerprint density at radius 3 is 2.32 bits per heavy atom. The average Bonchev–Trinajstić information content (AvgIpc) is 2.33. The zero-order valence-corrected chi connectivity index (χ0v) is 12.7. The van der Waals surface area contributed by atoms with E-state index in [4.69, 9.17) is 11.6 Å². The predicted octanol–water partition coefficient (Wildman–Crippen LogP) is 5.50. The molecule has 19 heavy (non-hydrogen) atoms. The van der Waals surface area contributed by atoms with E-state index in [0.717, 1.165) is 24.4 Å². The molecule has 0 aromatic heterocycles. The number of rotatable bonds is 2. The second-order valence-corrected chi connectivity index (χ2v) is 7.09. The second-order valence-electron chi connectivity index (χ2n) is 6.69. The van der Waals surface area contributed by atoms with Crippen LogP contribution in [0.15, 0.2) is 18.2 Å². The fraction of sp³-hybridized carbons (Fsp3) is 0.625. The van der Waals surface area contributed by atoms with Crippen LogP contribution in [0.25, 0.3) is 0 Å². The molecule has 1 aromatic rings. The highest BCUT2D eigenvalue weighted by atomic mass is 35.5. The summed E-state index contributed by atoms with van der Waals surface area (Å²) in [6, 6.07) is 5.40. The highest BCUT2D eigenvalue weighted by Gasteiger charge is 2.29. The van der Waals surface area contributed by atoms with Gasteiger partial charge < -0.3 is 5.32 Å². The third kappa shape index (κ3) is 3.85. The van der Waals surface area contributed by atoms with E-state index < -0.39 is 0 Å². The molecular weight excluding hydrogens is 261 g/mol. The molecule has 1 fully saturated rings. The van der Waals surface area contributed by atoms with Gasteiger partial charge in [0, 0.05) is 11.7 Å². The molecule has 106 valence electrons. The van der Waals surface area contributed by atoms with E-state index in [0.29, 0.717) is 11.5 Å². The van der Waals surface area contributed by atoms with Gasteiger partial charge in [-0.3, -0.25) is 0 Å². The van der Waals surface area contributed by atoms with E-state index in [9.17, 15) is 4.39 Å². The maximum atomic E-state index is 13.4. The van der Waals surface area contributed by atoms with Gasteiger partial charge in [-0.15, -0.1) is 0 Å². The topological polar surface area (TPSA) is 12.0 Å². The van der Waals surface area contributed by atoms with Crippen LogP contribution in [-0.4, -0.2) is 6.04 Å². The van der Waals surface area contributed by atoms with Crippen LogP contribution < -0.4 is 5.32 Å². The lowest BCUT2D eigenvalue weighted by Crippen LogP contribution is -2.31. The van der Waals surface area contributed by atoms with Crippen LogP contribution in [0.4, 0.5) is 10.1 Å². The fourth-order valence-electron chi connectivity index (χ4n) is 2.93. The van der Waals surface area contributed by atoms with Crippen molar-refractivity contribution in [3.05, 3.63) is 29.0 Å². The first-order chi connectivity index (χ1) is 8.86. The molecule has 3 heteroatoms. The molecule has 0 atom stereocenters. The highest BCUT2D eigenvalue weighted by Crippen LogP contribution is 2.38. The Kier molecular flexibility index (Phi) is 4.39. The van der Waals surface area contributed by atoms with Gasteiger partial charge in [0.2, 0.25) is 0 Å². The first-order valence-electron chi connectivity index (χ1n) is 7.08. The minimum Gasteiger partial charge on any atom is -0.382 e. The Balaban J connectivity index is 1.90. The van der Waals surface area contributed by atoms with Crippen LogP contribution in [0.5, 0.6) is 0 Å². The van der Waals surface area contributed by atoms with E-state index in [1.54, 1.807) is 6.07 Å². The van der Waals surface area contributed by atoms with Gasteiger partial charge in [0.25, 0.3) is 0 Å². The van der Waals surface area contributed by atoms with Crippen LogP contribution in [0.3, 0.4) is 0 Å². The van der Waals surface area contributed by atoms with Gasteiger partial charge >= 0.3 is 0 Å². The zero-order valence-electron chi connectivity index (χ0n) is 12.0. The van der Waals surface area contributed by atoms with E-state index in [1.165, 1.54) is 18.9 Å². The van der Waals surface area contributed by atoms with E-state index >= 15 is 0 Å². The normalized spacial score (nSPS) is 24.3. The van der Waals surface area contributed by atoms with Gasteiger partial charge in [0.15, 0.2) is 0 Å². The molecule has 0 bridgehead atoms. The summed E-state index contributed by atoms with van der Waals surface area (Å²) >= 11 is 5.69. The van der Waals surface area contributed by atoms with Crippen LogP contribution >= 0.6 is 11.6 Å². The molecule has 1 saturated carbocycles. The number of nitrogens with one attached hydrogen (secondary N) is 1. The van der Waals surface area contributed by atoms with Crippen LogP contribution in [-0.2, 0) is 0 Å². The lowest BCUT2D eigenvalue weighted by molar-refractivity contribution is 0.173. The number of halogens is 2. The predicted molar refractivity (Wildman–Crippen MR) is 80.2 cm³/mol. The van der Waals surface area contributed by atoms with Crippen molar-refractivity contribution in [1.29, 1.82) is 0 Å². The second kappa shape index (κ2) is 5.70. The number of anilines is 1. The van der Waals surface area contributed by atoms with Crippen molar-refractivity contribution in [2.75, 3.05) is 5.32 Å². The maximum Gasteiger partial charge on any atom is 0.143 e. The summed E-state index contributed by atoms with van der Waals surface area (Å²) < 4.78 is 13.4. The Labute approximate surface area is 120 Å². The summed E-state index contributed by atoms with van der Waals surface area (Å²) in [4.78, 5) is 0. The molecule has 0 aliphatic heterocycles. The summed E-state index contributed by atoms with van der Waals surface area (Å²) in [5.41, 5.74) is 1.23. The smallest absolute Gasteiger partial charge is 0.143 e. The zero-order chi connectivity index (χ0) is 14.0. The van der Waals surface area contributed by atoms with Gasteiger partial charge in [-0.1, -0.05) is 32.4 Å². The molecule has 0 unspecified atom stereocenters. The summed E-state index contributed by atoms with van der Waals surface area (Å²) in [5.74, 6) is 0.447. The minimum absolute atomic E-state index is 0.182. The SMILES string of the molecule is CC(C)(C)C1CCC(Nc2ccc(Cl)c(F)c2)CC1. The summed E-state index contributed by atoms with van der Waals surface area (Å²) in [6.07, 6.45) is 4.81. The molecule has 2 rings (SSSR count). The van der Waals surface area contributed by atoms with Crippen molar-refractivity contribution >= 4 is 17.3 Å². The third-order valence-corrected chi connectivity index (χ3v) is 4.55. The van der Waals surface area contributed by atoms with E-state index in [-0.39, 0.29) is 10.8 Å². The lowest BCUT2D eigenvalue weighted by atomic mass is 9.71. The molecule has 1 N–H and O–H groups in total. The fourth-order valence-corrected chi connectivity index (χ4v) is 3.04. The van der Waals surface area contributed by atoms with Gasteiger partial charge in [-0.2, -0.15) is 0 Å². The van der Waals surface area contributed by atoms with Crippen molar-refractivity contribution in [3.8, 4) is 0 Å². The lowest BCUT2D eigenvalue weighted by Gasteiger charge is -2.37. The standard InChI is InChI=1S/C16H23ClFN/c1-16(2,3)11-4-6-12(7-5-11)19-13-8-9-14(17)15(18)10-13/h8-12,19H,4-7H2,1-3H3. The Morgan fingerprint density at radius 1 is 1.16 bits per heavy atom. The van der Waals surface area contributed by atoms with Crippen molar-refractivity contribution in [2.45, 2.75) is 52.5 Å². The number of hydrogen-bond acceptors (Lipinski definition) is 1. The molecule has 1 aliphatic carbocycles. The maximum absolute atomic E-state index is 13.4. The molecule has 0 heterocycles. The Morgan fingerprint density at radius 2 is 1.79 bits per heavy atom. The van der Waals surface area contributed by atoms with Crippen molar-refractivity contribution in [1.82, 2.24) is 0 Å². The van der Waals surface area contributed by atoms with Gasteiger partial charge in [0.05, 0.1) is 5.02 Å². The highest BCUT2D eigenvalue weighted by molar-refractivity contribution is 6.30. The molecule has 0 amide bonds. The molecular formula is C16H23ClFN. The first kappa shape index (κ1) is 14.6. The van der Waals surface area contributed by atoms with Crippen molar-refractivity contribution in [2.24, 2.45) is 11.3 Å². The largest absolute Gasteiger partial charge is 0.382 e. The summed E-state index contributed by atoms with van der Waals surface area (Å²) in [7, 11) is 0. The van der Waals surface area contributed by atoms with Gasteiger partial charge in [0.1, 0.15) is 5.82 Å². The monoisotopic (exact) mass is 283 g/mol. The van der Waals surface area contributed by atoms with Crippen LogP contribution in [0, 0.1) is 17.2 Å². The minimum atomic E-state index is -0.352. The number of benzene rings is 1. The average molecular weight is 284 g/mol.